The fourth-order valence-corrected chi connectivity index (χ4v) is 3.18. The summed E-state index contributed by atoms with van der Waals surface area (Å²) in [5.74, 6) is 0. The van der Waals surface area contributed by atoms with Crippen molar-refractivity contribution in [1.82, 2.24) is 10.3 Å². The van der Waals surface area contributed by atoms with Crippen molar-refractivity contribution in [2.24, 2.45) is 0 Å². The van der Waals surface area contributed by atoms with Crippen LogP contribution in [0.15, 0.2) is 34.1 Å². The predicted octanol–water partition coefficient (Wildman–Crippen LogP) is 4.50. The Morgan fingerprint density at radius 1 is 1.42 bits per heavy atom. The molecule has 1 heterocycles. The molecule has 0 aliphatic rings. The van der Waals surface area contributed by atoms with Gasteiger partial charge in [0.25, 0.3) is 0 Å². The molecule has 102 valence electrons. The number of halogens is 1. The van der Waals surface area contributed by atoms with Gasteiger partial charge >= 0.3 is 0 Å². The summed E-state index contributed by atoms with van der Waals surface area (Å²) in [5.41, 5.74) is 2.53. The average Bonchev–Trinajstić information content (AvgIpc) is 2.80. The second kappa shape index (κ2) is 7.17. The van der Waals surface area contributed by atoms with Crippen LogP contribution in [0.3, 0.4) is 0 Å². The van der Waals surface area contributed by atoms with Crippen LogP contribution in [0, 0.1) is 6.92 Å². The highest BCUT2D eigenvalue weighted by atomic mass is 79.9. The second-order valence-electron chi connectivity index (χ2n) is 4.58. The largest absolute Gasteiger partial charge is 0.310 e. The molecular weight excluding hydrogens is 320 g/mol. The van der Waals surface area contributed by atoms with Crippen molar-refractivity contribution >= 4 is 27.3 Å². The van der Waals surface area contributed by atoms with E-state index in [0.29, 0.717) is 6.04 Å². The van der Waals surface area contributed by atoms with E-state index >= 15 is 0 Å². The standard InChI is InChI=1S/C15H19BrN2S/c1-3-15(12-5-4-6-13(16)9-12)17-8-7-14-10-19-11(2)18-14/h4-6,9-10,15,17H,3,7-8H2,1-2H3. The molecule has 2 aromatic rings. The van der Waals surface area contributed by atoms with Crippen molar-refractivity contribution in [2.45, 2.75) is 32.7 Å². The van der Waals surface area contributed by atoms with Gasteiger partial charge in [-0.1, -0.05) is 35.0 Å². The number of nitrogens with zero attached hydrogens (tertiary/aromatic N) is 1. The number of aryl methyl sites for hydroxylation is 1. The molecule has 0 aliphatic heterocycles. The maximum absolute atomic E-state index is 4.49. The Bertz CT molecular complexity index is 524. The average molecular weight is 339 g/mol. The Morgan fingerprint density at radius 3 is 2.89 bits per heavy atom. The zero-order chi connectivity index (χ0) is 13.7. The van der Waals surface area contributed by atoms with Crippen LogP contribution in [0.25, 0.3) is 0 Å². The molecule has 0 aliphatic carbocycles. The monoisotopic (exact) mass is 338 g/mol. The smallest absolute Gasteiger partial charge is 0.0897 e. The molecule has 0 amide bonds. The Balaban J connectivity index is 1.89. The molecule has 0 fully saturated rings. The van der Waals surface area contributed by atoms with Gasteiger partial charge in [-0.15, -0.1) is 11.3 Å². The van der Waals surface area contributed by atoms with Crippen LogP contribution in [-0.2, 0) is 6.42 Å². The number of thiazole rings is 1. The van der Waals surface area contributed by atoms with E-state index in [-0.39, 0.29) is 0 Å². The number of benzene rings is 1. The normalized spacial score (nSPS) is 12.6. The van der Waals surface area contributed by atoms with Gasteiger partial charge in [-0.3, -0.25) is 0 Å². The molecule has 0 saturated heterocycles. The fraction of sp³-hybridized carbons (Fsp3) is 0.400. The summed E-state index contributed by atoms with van der Waals surface area (Å²) in [4.78, 5) is 4.49. The third-order valence-electron chi connectivity index (χ3n) is 3.10. The van der Waals surface area contributed by atoms with E-state index in [4.69, 9.17) is 0 Å². The van der Waals surface area contributed by atoms with Gasteiger partial charge in [-0.2, -0.15) is 0 Å². The topological polar surface area (TPSA) is 24.9 Å². The fourth-order valence-electron chi connectivity index (χ4n) is 2.12. The lowest BCUT2D eigenvalue weighted by Crippen LogP contribution is -2.23. The van der Waals surface area contributed by atoms with Crippen molar-refractivity contribution in [2.75, 3.05) is 6.54 Å². The van der Waals surface area contributed by atoms with Crippen LogP contribution in [0.5, 0.6) is 0 Å². The third kappa shape index (κ3) is 4.41. The molecule has 0 radical (unpaired) electrons. The minimum atomic E-state index is 0.414. The van der Waals surface area contributed by atoms with Crippen molar-refractivity contribution in [1.29, 1.82) is 0 Å². The van der Waals surface area contributed by atoms with Gasteiger partial charge in [-0.25, -0.2) is 4.98 Å². The molecule has 2 rings (SSSR count). The summed E-state index contributed by atoms with van der Waals surface area (Å²) in [6.07, 6.45) is 2.08. The van der Waals surface area contributed by atoms with E-state index in [1.54, 1.807) is 11.3 Å². The summed E-state index contributed by atoms with van der Waals surface area (Å²) >= 11 is 5.25. The van der Waals surface area contributed by atoms with Gasteiger partial charge in [0.15, 0.2) is 0 Å². The maximum Gasteiger partial charge on any atom is 0.0897 e. The van der Waals surface area contributed by atoms with Crippen LogP contribution >= 0.6 is 27.3 Å². The quantitative estimate of drug-likeness (QED) is 0.838. The Hall–Kier alpha value is -0.710. The van der Waals surface area contributed by atoms with Gasteiger partial charge in [0.1, 0.15) is 0 Å². The lowest BCUT2D eigenvalue weighted by Gasteiger charge is -2.17. The first kappa shape index (κ1) is 14.7. The van der Waals surface area contributed by atoms with Crippen LogP contribution < -0.4 is 5.32 Å². The van der Waals surface area contributed by atoms with Crippen molar-refractivity contribution in [3.63, 3.8) is 0 Å². The zero-order valence-corrected chi connectivity index (χ0v) is 13.7. The minimum absolute atomic E-state index is 0.414. The highest BCUT2D eigenvalue weighted by Gasteiger charge is 2.09. The molecule has 19 heavy (non-hydrogen) atoms. The van der Waals surface area contributed by atoms with Crippen molar-refractivity contribution in [3.8, 4) is 0 Å². The Labute approximate surface area is 127 Å². The van der Waals surface area contributed by atoms with Crippen molar-refractivity contribution < 1.29 is 0 Å². The molecule has 0 bridgehead atoms. The molecule has 4 heteroatoms. The summed E-state index contributed by atoms with van der Waals surface area (Å²) in [6, 6.07) is 8.94. The second-order valence-corrected chi connectivity index (χ2v) is 6.56. The van der Waals surface area contributed by atoms with E-state index in [1.807, 2.05) is 0 Å². The summed E-state index contributed by atoms with van der Waals surface area (Å²) in [6.45, 7) is 5.23. The molecule has 2 nitrogen and oxygen atoms in total. The molecule has 0 saturated carbocycles. The predicted molar refractivity (Wildman–Crippen MR) is 85.7 cm³/mol. The third-order valence-corrected chi connectivity index (χ3v) is 4.41. The molecule has 1 N–H and O–H groups in total. The number of aromatic nitrogens is 1. The summed E-state index contributed by atoms with van der Waals surface area (Å²) in [5, 5.41) is 6.91. The molecule has 1 unspecified atom stereocenters. The van der Waals surface area contributed by atoms with Gasteiger partial charge in [0.05, 0.1) is 10.7 Å². The number of hydrogen-bond donors (Lipinski definition) is 1. The van der Waals surface area contributed by atoms with Crippen LogP contribution in [0.1, 0.15) is 35.7 Å². The van der Waals surface area contributed by atoms with Gasteiger partial charge in [0.2, 0.25) is 0 Å². The first-order chi connectivity index (χ1) is 9.19. The Kier molecular flexibility index (Phi) is 5.55. The molecule has 0 spiro atoms. The lowest BCUT2D eigenvalue weighted by molar-refractivity contribution is 0.521. The number of hydrogen-bond acceptors (Lipinski definition) is 3. The van der Waals surface area contributed by atoms with E-state index in [2.05, 4.69) is 69.7 Å². The summed E-state index contributed by atoms with van der Waals surface area (Å²) < 4.78 is 1.14. The Morgan fingerprint density at radius 2 is 2.26 bits per heavy atom. The van der Waals surface area contributed by atoms with E-state index in [0.717, 1.165) is 28.9 Å². The number of nitrogens with one attached hydrogen (secondary N) is 1. The van der Waals surface area contributed by atoms with Crippen LogP contribution in [0.2, 0.25) is 0 Å². The summed E-state index contributed by atoms with van der Waals surface area (Å²) in [7, 11) is 0. The van der Waals surface area contributed by atoms with E-state index in [9.17, 15) is 0 Å². The maximum atomic E-state index is 4.49. The van der Waals surface area contributed by atoms with Gasteiger partial charge in [0, 0.05) is 28.9 Å². The molecule has 1 atom stereocenters. The van der Waals surface area contributed by atoms with Gasteiger partial charge < -0.3 is 5.32 Å². The highest BCUT2D eigenvalue weighted by molar-refractivity contribution is 9.10. The van der Waals surface area contributed by atoms with Crippen LogP contribution in [-0.4, -0.2) is 11.5 Å². The number of rotatable bonds is 6. The highest BCUT2D eigenvalue weighted by Crippen LogP contribution is 2.20. The first-order valence-corrected chi connectivity index (χ1v) is 8.26. The first-order valence-electron chi connectivity index (χ1n) is 6.59. The minimum Gasteiger partial charge on any atom is -0.310 e. The van der Waals surface area contributed by atoms with E-state index < -0.39 is 0 Å². The SMILES string of the molecule is CCC(NCCc1csc(C)n1)c1cccc(Br)c1. The van der Waals surface area contributed by atoms with Crippen LogP contribution in [0.4, 0.5) is 0 Å². The zero-order valence-electron chi connectivity index (χ0n) is 11.3. The molecule has 1 aromatic carbocycles. The molecular formula is C15H19BrN2S. The van der Waals surface area contributed by atoms with E-state index in [1.165, 1.54) is 11.3 Å². The van der Waals surface area contributed by atoms with Crippen molar-refractivity contribution in [3.05, 3.63) is 50.4 Å². The van der Waals surface area contributed by atoms with Gasteiger partial charge in [-0.05, 0) is 31.0 Å². The lowest BCUT2D eigenvalue weighted by atomic mass is 10.0. The molecule has 1 aromatic heterocycles.